The van der Waals surface area contributed by atoms with E-state index in [1.807, 2.05) is 20.8 Å². The van der Waals surface area contributed by atoms with Crippen LogP contribution >= 0.6 is 0 Å². The molecule has 1 atom stereocenters. The lowest BCUT2D eigenvalue weighted by molar-refractivity contribution is -0.125. The molecule has 0 spiro atoms. The average molecular weight is 327 g/mol. The molecule has 126 valence electrons. The van der Waals surface area contributed by atoms with Gasteiger partial charge in [-0.3, -0.25) is 4.79 Å². The van der Waals surface area contributed by atoms with Crippen LogP contribution in [0.25, 0.3) is 16.7 Å². The molecule has 1 fully saturated rings. The van der Waals surface area contributed by atoms with Crippen LogP contribution in [0.3, 0.4) is 0 Å². The SMILES string of the molecule is Cc1oc2ncn3nc(C(C)NC(=O)C4CCCC4)nc3c2c1C. The second-order valence-electron chi connectivity index (χ2n) is 6.66. The molecule has 0 saturated heterocycles. The fraction of sp³-hybridized carbons (Fsp3) is 0.529. The van der Waals surface area contributed by atoms with E-state index in [0.717, 1.165) is 42.4 Å². The fourth-order valence-electron chi connectivity index (χ4n) is 3.43. The molecular weight excluding hydrogens is 306 g/mol. The van der Waals surface area contributed by atoms with Gasteiger partial charge in [-0.05, 0) is 33.6 Å². The summed E-state index contributed by atoms with van der Waals surface area (Å²) in [5, 5.41) is 8.40. The molecule has 1 unspecified atom stereocenters. The van der Waals surface area contributed by atoms with E-state index in [1.165, 1.54) is 0 Å². The summed E-state index contributed by atoms with van der Waals surface area (Å²) >= 11 is 0. The maximum atomic E-state index is 12.3. The minimum Gasteiger partial charge on any atom is -0.443 e. The third kappa shape index (κ3) is 2.35. The maximum absolute atomic E-state index is 12.3. The maximum Gasteiger partial charge on any atom is 0.231 e. The Morgan fingerprint density at radius 1 is 1.38 bits per heavy atom. The molecule has 3 aromatic rings. The first-order valence-electron chi connectivity index (χ1n) is 8.46. The Bertz CT molecular complexity index is 920. The molecule has 0 aromatic carbocycles. The topological polar surface area (TPSA) is 85.3 Å². The number of rotatable bonds is 3. The first-order valence-corrected chi connectivity index (χ1v) is 8.46. The first kappa shape index (κ1) is 15.1. The van der Waals surface area contributed by atoms with Crippen LogP contribution in [0.1, 0.15) is 55.8 Å². The number of nitrogens with one attached hydrogen (secondary N) is 1. The minimum absolute atomic E-state index is 0.109. The monoisotopic (exact) mass is 327 g/mol. The van der Waals surface area contributed by atoms with Crippen LogP contribution in [0, 0.1) is 19.8 Å². The van der Waals surface area contributed by atoms with Gasteiger partial charge in [-0.25, -0.2) is 14.5 Å². The molecule has 0 radical (unpaired) electrons. The number of nitrogens with zero attached hydrogens (tertiary/aromatic N) is 4. The van der Waals surface area contributed by atoms with E-state index in [2.05, 4.69) is 20.4 Å². The third-order valence-corrected chi connectivity index (χ3v) is 4.99. The highest BCUT2D eigenvalue weighted by Gasteiger charge is 2.25. The summed E-state index contributed by atoms with van der Waals surface area (Å²) < 4.78 is 7.30. The Hall–Kier alpha value is -2.44. The molecule has 1 aliphatic carbocycles. The quantitative estimate of drug-likeness (QED) is 0.799. The molecule has 4 rings (SSSR count). The Morgan fingerprint density at radius 2 is 2.12 bits per heavy atom. The number of carbonyl (C=O) groups is 1. The van der Waals surface area contributed by atoms with Crippen LogP contribution in [-0.2, 0) is 4.79 Å². The Balaban J connectivity index is 1.66. The van der Waals surface area contributed by atoms with Crippen molar-refractivity contribution >= 4 is 22.7 Å². The molecule has 7 heteroatoms. The summed E-state index contributed by atoms with van der Waals surface area (Å²) in [4.78, 5) is 21.2. The molecule has 0 bridgehead atoms. The molecule has 24 heavy (non-hydrogen) atoms. The minimum atomic E-state index is -0.235. The average Bonchev–Trinajstić information content (AvgIpc) is 3.27. The van der Waals surface area contributed by atoms with E-state index >= 15 is 0 Å². The highest BCUT2D eigenvalue weighted by atomic mass is 16.3. The van der Waals surface area contributed by atoms with Gasteiger partial charge in [-0.1, -0.05) is 12.8 Å². The summed E-state index contributed by atoms with van der Waals surface area (Å²) in [7, 11) is 0. The normalized spacial score (nSPS) is 17.0. The zero-order valence-electron chi connectivity index (χ0n) is 14.2. The van der Waals surface area contributed by atoms with Crippen molar-refractivity contribution in [3.63, 3.8) is 0 Å². The lowest BCUT2D eigenvalue weighted by Gasteiger charge is -2.14. The van der Waals surface area contributed by atoms with Gasteiger partial charge in [0.2, 0.25) is 11.6 Å². The van der Waals surface area contributed by atoms with Crippen molar-refractivity contribution in [3.8, 4) is 0 Å². The predicted molar refractivity (Wildman–Crippen MR) is 88.5 cm³/mol. The molecule has 0 aliphatic heterocycles. The van der Waals surface area contributed by atoms with E-state index in [-0.39, 0.29) is 17.9 Å². The molecule has 1 amide bonds. The smallest absolute Gasteiger partial charge is 0.231 e. The number of carbonyl (C=O) groups excluding carboxylic acids is 1. The van der Waals surface area contributed by atoms with Gasteiger partial charge in [-0.2, -0.15) is 0 Å². The van der Waals surface area contributed by atoms with Crippen molar-refractivity contribution < 1.29 is 9.21 Å². The van der Waals surface area contributed by atoms with Crippen LogP contribution in [0.4, 0.5) is 0 Å². The van der Waals surface area contributed by atoms with Crippen molar-refractivity contribution in [2.24, 2.45) is 5.92 Å². The number of hydrogen-bond donors (Lipinski definition) is 1. The van der Waals surface area contributed by atoms with Crippen LogP contribution < -0.4 is 5.32 Å². The zero-order valence-corrected chi connectivity index (χ0v) is 14.2. The van der Waals surface area contributed by atoms with Gasteiger partial charge >= 0.3 is 0 Å². The Morgan fingerprint density at radius 3 is 2.88 bits per heavy atom. The zero-order chi connectivity index (χ0) is 16.8. The number of aryl methyl sites for hydroxylation is 2. The van der Waals surface area contributed by atoms with E-state index in [1.54, 1.807) is 10.8 Å². The van der Waals surface area contributed by atoms with Crippen molar-refractivity contribution in [3.05, 3.63) is 23.5 Å². The molecule has 1 aliphatic rings. The van der Waals surface area contributed by atoms with Gasteiger partial charge in [0.15, 0.2) is 11.5 Å². The summed E-state index contributed by atoms with van der Waals surface area (Å²) in [6.45, 7) is 5.82. The molecule has 3 aromatic heterocycles. The highest BCUT2D eigenvalue weighted by molar-refractivity contribution is 5.91. The molecule has 1 N–H and O–H groups in total. The summed E-state index contributed by atoms with van der Waals surface area (Å²) in [6, 6.07) is -0.235. The largest absolute Gasteiger partial charge is 0.443 e. The summed E-state index contributed by atoms with van der Waals surface area (Å²) in [5.74, 6) is 1.67. The van der Waals surface area contributed by atoms with Gasteiger partial charge in [-0.15, -0.1) is 5.10 Å². The number of amides is 1. The van der Waals surface area contributed by atoms with Crippen LogP contribution in [0.5, 0.6) is 0 Å². The van der Waals surface area contributed by atoms with Crippen LogP contribution in [0.15, 0.2) is 10.7 Å². The highest BCUT2D eigenvalue weighted by Crippen LogP contribution is 2.27. The van der Waals surface area contributed by atoms with Gasteiger partial charge in [0.1, 0.15) is 12.1 Å². The van der Waals surface area contributed by atoms with Crippen LogP contribution in [0.2, 0.25) is 0 Å². The molecular formula is C17H21N5O2. The predicted octanol–water partition coefficient (Wildman–Crippen LogP) is 2.85. The van der Waals surface area contributed by atoms with E-state index in [4.69, 9.17) is 4.42 Å². The van der Waals surface area contributed by atoms with E-state index in [0.29, 0.717) is 17.2 Å². The third-order valence-electron chi connectivity index (χ3n) is 4.99. The second-order valence-corrected chi connectivity index (χ2v) is 6.66. The Labute approximate surface area is 139 Å². The lowest BCUT2D eigenvalue weighted by atomic mass is 10.1. The lowest BCUT2D eigenvalue weighted by Crippen LogP contribution is -2.32. The van der Waals surface area contributed by atoms with Gasteiger partial charge in [0.05, 0.1) is 11.4 Å². The van der Waals surface area contributed by atoms with E-state index < -0.39 is 0 Å². The Kier molecular flexibility index (Phi) is 3.51. The van der Waals surface area contributed by atoms with Crippen molar-refractivity contribution in [1.29, 1.82) is 0 Å². The molecule has 7 nitrogen and oxygen atoms in total. The molecule has 1 saturated carbocycles. The van der Waals surface area contributed by atoms with Gasteiger partial charge in [0, 0.05) is 11.5 Å². The number of fused-ring (bicyclic) bond motifs is 3. The standard InChI is InChI=1S/C17H21N5O2/c1-9-11(3)24-17-13(9)15-20-14(21-22(15)8-18-17)10(2)19-16(23)12-6-4-5-7-12/h8,10,12H,4-7H2,1-3H3,(H,19,23). The first-order chi connectivity index (χ1) is 11.5. The van der Waals surface area contributed by atoms with Crippen molar-refractivity contribution in [2.75, 3.05) is 0 Å². The number of hydrogen-bond acceptors (Lipinski definition) is 5. The molecule has 3 heterocycles. The van der Waals surface area contributed by atoms with Crippen LogP contribution in [-0.4, -0.2) is 25.5 Å². The summed E-state index contributed by atoms with van der Waals surface area (Å²) in [5.41, 5.74) is 2.30. The van der Waals surface area contributed by atoms with Crippen molar-refractivity contribution in [1.82, 2.24) is 24.9 Å². The van der Waals surface area contributed by atoms with E-state index in [9.17, 15) is 4.79 Å². The fourth-order valence-corrected chi connectivity index (χ4v) is 3.43. The van der Waals surface area contributed by atoms with Gasteiger partial charge in [0.25, 0.3) is 0 Å². The van der Waals surface area contributed by atoms with Crippen molar-refractivity contribution in [2.45, 2.75) is 52.5 Å². The van der Waals surface area contributed by atoms with Gasteiger partial charge < -0.3 is 9.73 Å². The second kappa shape index (κ2) is 5.58. The summed E-state index contributed by atoms with van der Waals surface area (Å²) in [6.07, 6.45) is 5.84. The number of aromatic nitrogens is 4. The number of furan rings is 1.